The monoisotopic (exact) mass is 395 g/mol. The number of rotatable bonds is 8. The molecule has 0 unspecified atom stereocenters. The van der Waals surface area contributed by atoms with Gasteiger partial charge in [0.15, 0.2) is 0 Å². The number of carbonyl (C=O) groups excluding carboxylic acids is 1. The van der Waals surface area contributed by atoms with E-state index in [1.807, 2.05) is 26.0 Å². The molecular weight excluding hydrogens is 369 g/mol. The summed E-state index contributed by atoms with van der Waals surface area (Å²) >= 11 is 0. The highest BCUT2D eigenvalue weighted by atomic mass is 19.1. The molecule has 0 saturated heterocycles. The fourth-order valence-corrected chi connectivity index (χ4v) is 3.03. The molecule has 6 nitrogen and oxygen atoms in total. The Labute approximate surface area is 170 Å². The zero-order valence-electron chi connectivity index (χ0n) is 17.0. The van der Waals surface area contributed by atoms with E-state index >= 15 is 0 Å². The molecule has 0 aliphatic rings. The minimum atomic E-state index is -0.754. The van der Waals surface area contributed by atoms with E-state index in [0.717, 1.165) is 18.4 Å². The molecule has 29 heavy (non-hydrogen) atoms. The summed E-state index contributed by atoms with van der Waals surface area (Å²) in [5, 5.41) is 15.5. The normalized spacial score (nSPS) is 11.4. The summed E-state index contributed by atoms with van der Waals surface area (Å²) in [4.78, 5) is 14.1. The molecule has 0 aliphatic heterocycles. The minimum absolute atomic E-state index is 0.162. The maximum absolute atomic E-state index is 13.3. The third-order valence-electron chi connectivity index (χ3n) is 4.70. The molecule has 0 aliphatic carbocycles. The van der Waals surface area contributed by atoms with Gasteiger partial charge in [-0.15, -0.1) is 10.2 Å². The van der Waals surface area contributed by atoms with Crippen molar-refractivity contribution in [3.8, 4) is 11.4 Å². The fourth-order valence-electron chi connectivity index (χ4n) is 3.03. The van der Waals surface area contributed by atoms with E-state index in [2.05, 4.69) is 39.8 Å². The standard InChI is InChI=1S/C22H26FN5O/c1-4-6-16-9-11-18(12-10-16)20-25-27-28(26-20)15-22(2,3)21(29)24-14-17-7-5-8-19(23)13-17/h5,7-13H,4,6,14-15H2,1-3H3,(H,24,29). The summed E-state index contributed by atoms with van der Waals surface area (Å²) in [5.74, 6) is 0.0478. The van der Waals surface area contributed by atoms with E-state index in [1.165, 1.54) is 22.5 Å². The number of benzene rings is 2. The van der Waals surface area contributed by atoms with Crippen LogP contribution in [0, 0.1) is 11.2 Å². The molecule has 1 amide bonds. The van der Waals surface area contributed by atoms with Gasteiger partial charge < -0.3 is 5.32 Å². The number of nitrogens with zero attached hydrogens (tertiary/aromatic N) is 4. The first-order chi connectivity index (χ1) is 13.9. The van der Waals surface area contributed by atoms with E-state index in [1.54, 1.807) is 12.1 Å². The van der Waals surface area contributed by atoms with Crippen molar-refractivity contribution in [2.45, 2.75) is 46.7 Å². The molecule has 1 aromatic heterocycles. The number of aryl methyl sites for hydroxylation is 1. The number of halogens is 1. The third kappa shape index (κ3) is 5.47. The van der Waals surface area contributed by atoms with Crippen molar-refractivity contribution in [1.82, 2.24) is 25.5 Å². The van der Waals surface area contributed by atoms with Gasteiger partial charge in [0.05, 0.1) is 12.0 Å². The first kappa shape index (κ1) is 20.6. The van der Waals surface area contributed by atoms with Gasteiger partial charge in [0.25, 0.3) is 0 Å². The summed E-state index contributed by atoms with van der Waals surface area (Å²) in [6, 6.07) is 14.3. The van der Waals surface area contributed by atoms with Gasteiger partial charge >= 0.3 is 0 Å². The molecule has 0 saturated carbocycles. The highest BCUT2D eigenvalue weighted by Gasteiger charge is 2.29. The van der Waals surface area contributed by atoms with E-state index < -0.39 is 5.41 Å². The Morgan fingerprint density at radius 3 is 2.59 bits per heavy atom. The van der Waals surface area contributed by atoms with Gasteiger partial charge in [-0.3, -0.25) is 4.79 Å². The van der Waals surface area contributed by atoms with Crippen LogP contribution in [0.25, 0.3) is 11.4 Å². The molecule has 152 valence electrons. The van der Waals surface area contributed by atoms with Gasteiger partial charge in [-0.2, -0.15) is 4.80 Å². The second-order valence-corrected chi connectivity index (χ2v) is 7.79. The van der Waals surface area contributed by atoms with Gasteiger partial charge in [0.2, 0.25) is 11.7 Å². The van der Waals surface area contributed by atoms with Crippen molar-refractivity contribution in [3.05, 3.63) is 65.5 Å². The summed E-state index contributed by atoms with van der Waals surface area (Å²) in [5.41, 5.74) is 2.13. The fraction of sp³-hybridized carbons (Fsp3) is 0.364. The first-order valence-corrected chi connectivity index (χ1v) is 9.77. The Kier molecular flexibility index (Phi) is 6.36. The van der Waals surface area contributed by atoms with Gasteiger partial charge in [0.1, 0.15) is 5.82 Å². The van der Waals surface area contributed by atoms with Crippen LogP contribution in [-0.4, -0.2) is 26.1 Å². The highest BCUT2D eigenvalue weighted by Crippen LogP contribution is 2.20. The Bertz CT molecular complexity index is 965. The summed E-state index contributed by atoms with van der Waals surface area (Å²) in [7, 11) is 0. The number of carbonyl (C=O) groups is 1. The molecule has 1 N–H and O–H groups in total. The minimum Gasteiger partial charge on any atom is -0.352 e. The van der Waals surface area contributed by atoms with Crippen LogP contribution in [0.1, 0.15) is 38.3 Å². The van der Waals surface area contributed by atoms with Crippen molar-refractivity contribution >= 4 is 5.91 Å². The molecule has 0 radical (unpaired) electrons. The van der Waals surface area contributed by atoms with Crippen molar-refractivity contribution in [2.24, 2.45) is 5.41 Å². The van der Waals surface area contributed by atoms with Crippen LogP contribution >= 0.6 is 0 Å². The Balaban J connectivity index is 1.61. The number of tetrazole rings is 1. The molecule has 2 aromatic carbocycles. The molecule has 3 rings (SSSR count). The number of aromatic nitrogens is 4. The predicted molar refractivity (Wildman–Crippen MR) is 109 cm³/mol. The lowest BCUT2D eigenvalue weighted by Crippen LogP contribution is -2.39. The molecule has 3 aromatic rings. The first-order valence-electron chi connectivity index (χ1n) is 9.77. The SMILES string of the molecule is CCCc1ccc(-c2nnn(CC(C)(C)C(=O)NCc3cccc(F)c3)n2)cc1. The Morgan fingerprint density at radius 2 is 1.90 bits per heavy atom. The van der Waals surface area contributed by atoms with E-state index in [0.29, 0.717) is 11.4 Å². The van der Waals surface area contributed by atoms with Crippen molar-refractivity contribution in [2.75, 3.05) is 0 Å². The Hall–Kier alpha value is -3.09. The topological polar surface area (TPSA) is 72.7 Å². The number of amides is 1. The molecule has 0 fully saturated rings. The summed E-state index contributed by atoms with van der Waals surface area (Å²) in [6.07, 6.45) is 2.14. The molecule has 0 bridgehead atoms. The van der Waals surface area contributed by atoms with Gasteiger partial charge in [-0.05, 0) is 48.7 Å². The van der Waals surface area contributed by atoms with E-state index in [-0.39, 0.29) is 24.8 Å². The van der Waals surface area contributed by atoms with Crippen LogP contribution in [0.15, 0.2) is 48.5 Å². The zero-order valence-corrected chi connectivity index (χ0v) is 17.0. The van der Waals surface area contributed by atoms with E-state index in [9.17, 15) is 9.18 Å². The lowest BCUT2D eigenvalue weighted by atomic mass is 9.92. The molecule has 0 atom stereocenters. The number of nitrogens with one attached hydrogen (secondary N) is 1. The van der Waals surface area contributed by atoms with Crippen molar-refractivity contribution in [1.29, 1.82) is 0 Å². The average molecular weight is 395 g/mol. The van der Waals surface area contributed by atoms with Gasteiger partial charge in [-0.1, -0.05) is 49.7 Å². The van der Waals surface area contributed by atoms with Crippen LogP contribution in [0.4, 0.5) is 4.39 Å². The predicted octanol–water partition coefficient (Wildman–Crippen LogP) is 3.77. The van der Waals surface area contributed by atoms with E-state index in [4.69, 9.17) is 0 Å². The molecular formula is C22H26FN5O. The number of hydrogen-bond acceptors (Lipinski definition) is 4. The maximum atomic E-state index is 13.3. The second kappa shape index (κ2) is 8.94. The van der Waals surface area contributed by atoms with Gasteiger partial charge in [0, 0.05) is 12.1 Å². The smallest absolute Gasteiger partial charge is 0.227 e. The van der Waals surface area contributed by atoms with Crippen LogP contribution < -0.4 is 5.32 Å². The quantitative estimate of drug-likeness (QED) is 0.630. The van der Waals surface area contributed by atoms with Crippen LogP contribution in [0.2, 0.25) is 0 Å². The van der Waals surface area contributed by atoms with Crippen LogP contribution in [-0.2, 0) is 24.3 Å². The largest absolute Gasteiger partial charge is 0.352 e. The van der Waals surface area contributed by atoms with Crippen molar-refractivity contribution in [3.63, 3.8) is 0 Å². The van der Waals surface area contributed by atoms with Gasteiger partial charge in [-0.25, -0.2) is 4.39 Å². The molecule has 0 spiro atoms. The van der Waals surface area contributed by atoms with Crippen LogP contribution in [0.3, 0.4) is 0 Å². The highest BCUT2D eigenvalue weighted by molar-refractivity contribution is 5.81. The second-order valence-electron chi connectivity index (χ2n) is 7.79. The summed E-state index contributed by atoms with van der Waals surface area (Å²) in [6.45, 7) is 6.33. The Morgan fingerprint density at radius 1 is 1.14 bits per heavy atom. The average Bonchev–Trinajstić information content (AvgIpc) is 3.14. The lowest BCUT2D eigenvalue weighted by Gasteiger charge is -2.22. The van der Waals surface area contributed by atoms with Crippen LogP contribution in [0.5, 0.6) is 0 Å². The van der Waals surface area contributed by atoms with Crippen molar-refractivity contribution < 1.29 is 9.18 Å². The third-order valence-corrected chi connectivity index (χ3v) is 4.70. The summed E-state index contributed by atoms with van der Waals surface area (Å²) < 4.78 is 13.3. The lowest BCUT2D eigenvalue weighted by molar-refractivity contribution is -0.130. The zero-order chi connectivity index (χ0) is 20.9. The number of hydrogen-bond donors (Lipinski definition) is 1. The molecule has 1 heterocycles. The molecule has 7 heteroatoms. The maximum Gasteiger partial charge on any atom is 0.227 e.